The van der Waals surface area contributed by atoms with E-state index in [-0.39, 0.29) is 4.21 Å². The number of hydrogen-bond donors (Lipinski definition) is 2. The van der Waals surface area contributed by atoms with Crippen LogP contribution in [0.2, 0.25) is 5.15 Å². The molecule has 0 fully saturated rings. The van der Waals surface area contributed by atoms with Gasteiger partial charge in [-0.15, -0.1) is 11.3 Å². The summed E-state index contributed by atoms with van der Waals surface area (Å²) in [6.45, 7) is 1.67. The maximum Gasteiger partial charge on any atom is 0.271 e. The highest BCUT2D eigenvalue weighted by atomic mass is 35.5. The number of anilines is 2. The van der Waals surface area contributed by atoms with Crippen molar-refractivity contribution in [1.29, 1.82) is 0 Å². The third-order valence-corrected chi connectivity index (χ3v) is 5.19. The number of aromatic nitrogens is 1. The Hall–Kier alpha value is -1.31. The van der Waals surface area contributed by atoms with Gasteiger partial charge in [0.05, 0.1) is 11.4 Å². The van der Waals surface area contributed by atoms with Gasteiger partial charge in [-0.1, -0.05) is 11.6 Å². The van der Waals surface area contributed by atoms with Gasteiger partial charge >= 0.3 is 0 Å². The Morgan fingerprint density at radius 3 is 2.72 bits per heavy atom. The summed E-state index contributed by atoms with van der Waals surface area (Å²) < 4.78 is 26.7. The average Bonchev–Trinajstić information content (AvgIpc) is 2.70. The molecule has 2 rings (SSSR count). The molecule has 2 aromatic heterocycles. The molecule has 0 aliphatic heterocycles. The Kier molecular flexibility index (Phi) is 3.47. The van der Waals surface area contributed by atoms with E-state index in [2.05, 4.69) is 9.71 Å². The molecule has 0 saturated carbocycles. The first kappa shape index (κ1) is 13.1. The van der Waals surface area contributed by atoms with E-state index in [9.17, 15) is 8.42 Å². The summed E-state index contributed by atoms with van der Waals surface area (Å²) in [6, 6.07) is 4.50. The van der Waals surface area contributed by atoms with Gasteiger partial charge in [0.1, 0.15) is 9.36 Å². The topological polar surface area (TPSA) is 85.1 Å². The van der Waals surface area contributed by atoms with E-state index in [0.29, 0.717) is 22.2 Å². The molecule has 8 heteroatoms. The first-order valence-corrected chi connectivity index (χ1v) is 7.62. The number of rotatable bonds is 3. The molecule has 0 radical (unpaired) electrons. The second-order valence-electron chi connectivity index (χ2n) is 3.57. The number of sulfonamides is 1. The molecule has 0 amide bonds. The van der Waals surface area contributed by atoms with E-state index >= 15 is 0 Å². The van der Waals surface area contributed by atoms with Crippen molar-refractivity contribution in [2.24, 2.45) is 0 Å². The third-order valence-electron chi connectivity index (χ3n) is 2.16. The zero-order chi connectivity index (χ0) is 13.3. The van der Waals surface area contributed by atoms with E-state index in [1.54, 1.807) is 18.4 Å². The van der Waals surface area contributed by atoms with Gasteiger partial charge in [0.25, 0.3) is 10.0 Å². The van der Waals surface area contributed by atoms with Crippen LogP contribution in [0.1, 0.15) is 5.69 Å². The molecular weight excluding hydrogens is 294 g/mol. The molecule has 0 unspecified atom stereocenters. The molecular formula is C10H10ClN3O2S2. The fourth-order valence-electron chi connectivity index (χ4n) is 1.30. The van der Waals surface area contributed by atoms with Crippen LogP contribution >= 0.6 is 22.9 Å². The molecule has 2 heterocycles. The van der Waals surface area contributed by atoms with Crippen LogP contribution in [0.3, 0.4) is 0 Å². The van der Waals surface area contributed by atoms with Crippen LogP contribution < -0.4 is 10.5 Å². The predicted octanol–water partition coefficient (Wildman–Crippen LogP) is 2.49. The minimum absolute atomic E-state index is 0.161. The Balaban J connectivity index is 2.33. The zero-order valence-electron chi connectivity index (χ0n) is 9.34. The van der Waals surface area contributed by atoms with Crippen LogP contribution in [0, 0.1) is 6.92 Å². The van der Waals surface area contributed by atoms with Crippen LogP contribution in [0.15, 0.2) is 27.8 Å². The van der Waals surface area contributed by atoms with Gasteiger partial charge in [0.15, 0.2) is 0 Å². The lowest BCUT2D eigenvalue weighted by Gasteiger charge is -2.08. The largest absolute Gasteiger partial charge is 0.398 e. The van der Waals surface area contributed by atoms with E-state index in [1.165, 1.54) is 12.1 Å². The summed E-state index contributed by atoms with van der Waals surface area (Å²) in [4.78, 5) is 3.97. The van der Waals surface area contributed by atoms with Crippen molar-refractivity contribution < 1.29 is 8.42 Å². The lowest BCUT2D eigenvalue weighted by atomic mass is 10.3. The number of nitrogens with one attached hydrogen (secondary N) is 1. The first-order chi connectivity index (χ1) is 8.38. The van der Waals surface area contributed by atoms with Crippen molar-refractivity contribution in [2.75, 3.05) is 10.5 Å². The number of pyridine rings is 1. The van der Waals surface area contributed by atoms with Crippen LogP contribution in [-0.4, -0.2) is 13.4 Å². The van der Waals surface area contributed by atoms with Gasteiger partial charge < -0.3 is 5.73 Å². The minimum atomic E-state index is -3.62. The monoisotopic (exact) mass is 303 g/mol. The predicted molar refractivity (Wildman–Crippen MR) is 73.5 cm³/mol. The van der Waals surface area contributed by atoms with Gasteiger partial charge in [0.2, 0.25) is 0 Å². The molecule has 0 spiro atoms. The molecule has 0 atom stereocenters. The van der Waals surface area contributed by atoms with Crippen LogP contribution in [0.4, 0.5) is 11.4 Å². The van der Waals surface area contributed by atoms with Crippen molar-refractivity contribution >= 4 is 44.3 Å². The van der Waals surface area contributed by atoms with Crippen molar-refractivity contribution in [3.05, 3.63) is 34.4 Å². The molecule has 0 aliphatic carbocycles. The van der Waals surface area contributed by atoms with Crippen LogP contribution in [0.5, 0.6) is 0 Å². The molecule has 2 aromatic rings. The van der Waals surface area contributed by atoms with Crippen LogP contribution in [-0.2, 0) is 10.0 Å². The standard InChI is InChI=1S/C10H10ClN3O2S2/c1-6-8(2-3-9(11)13-6)14-18(15,16)10-4-7(12)5-17-10/h2-5,14H,12H2,1H3. The molecule has 0 bridgehead atoms. The maximum absolute atomic E-state index is 12.0. The molecule has 0 aliphatic rings. The fraction of sp³-hybridized carbons (Fsp3) is 0.100. The second kappa shape index (κ2) is 4.75. The number of hydrogen-bond acceptors (Lipinski definition) is 5. The van der Waals surface area contributed by atoms with Crippen molar-refractivity contribution in [2.45, 2.75) is 11.1 Å². The summed E-state index contributed by atoms with van der Waals surface area (Å²) in [6.07, 6.45) is 0. The Labute approximate surface area is 114 Å². The number of halogens is 1. The third kappa shape index (κ3) is 2.74. The van der Waals surface area contributed by atoms with E-state index in [0.717, 1.165) is 11.3 Å². The van der Waals surface area contributed by atoms with E-state index in [1.807, 2.05) is 0 Å². The fourth-order valence-corrected chi connectivity index (χ4v) is 3.69. The summed E-state index contributed by atoms with van der Waals surface area (Å²) in [5.41, 5.74) is 6.83. The average molecular weight is 304 g/mol. The van der Waals surface area contributed by atoms with Gasteiger partial charge in [0, 0.05) is 11.1 Å². The quantitative estimate of drug-likeness (QED) is 0.853. The second-order valence-corrected chi connectivity index (χ2v) is 6.78. The van der Waals surface area contributed by atoms with Gasteiger partial charge in [-0.05, 0) is 25.1 Å². The maximum atomic E-state index is 12.0. The lowest BCUT2D eigenvalue weighted by Crippen LogP contribution is -2.12. The molecule has 18 heavy (non-hydrogen) atoms. The molecule has 5 nitrogen and oxygen atoms in total. The number of nitrogen functional groups attached to an aromatic ring is 1. The normalized spacial score (nSPS) is 11.4. The zero-order valence-corrected chi connectivity index (χ0v) is 11.7. The number of thiophene rings is 1. The Morgan fingerprint density at radius 1 is 1.44 bits per heavy atom. The van der Waals surface area contributed by atoms with E-state index in [4.69, 9.17) is 17.3 Å². The van der Waals surface area contributed by atoms with E-state index < -0.39 is 10.0 Å². The molecule has 0 aromatic carbocycles. The van der Waals surface area contributed by atoms with Gasteiger partial charge in [-0.25, -0.2) is 13.4 Å². The van der Waals surface area contributed by atoms with Crippen molar-refractivity contribution in [1.82, 2.24) is 4.98 Å². The molecule has 0 saturated heterocycles. The number of aryl methyl sites for hydroxylation is 1. The first-order valence-electron chi connectivity index (χ1n) is 4.88. The molecule has 96 valence electrons. The summed E-state index contributed by atoms with van der Waals surface area (Å²) in [5.74, 6) is 0. The summed E-state index contributed by atoms with van der Waals surface area (Å²) >= 11 is 6.77. The molecule has 3 N–H and O–H groups in total. The van der Waals surface area contributed by atoms with Crippen molar-refractivity contribution in [3.8, 4) is 0 Å². The van der Waals surface area contributed by atoms with Crippen molar-refractivity contribution in [3.63, 3.8) is 0 Å². The highest BCUT2D eigenvalue weighted by molar-refractivity contribution is 7.94. The SMILES string of the molecule is Cc1nc(Cl)ccc1NS(=O)(=O)c1cc(N)cs1. The minimum Gasteiger partial charge on any atom is -0.398 e. The Morgan fingerprint density at radius 2 is 2.17 bits per heavy atom. The number of nitrogens with zero attached hydrogens (tertiary/aromatic N) is 1. The Bertz CT molecular complexity index is 682. The van der Waals surface area contributed by atoms with Gasteiger partial charge in [-0.3, -0.25) is 4.72 Å². The van der Waals surface area contributed by atoms with Gasteiger partial charge in [-0.2, -0.15) is 0 Å². The summed E-state index contributed by atoms with van der Waals surface area (Å²) in [7, 11) is -3.62. The highest BCUT2D eigenvalue weighted by Gasteiger charge is 2.17. The summed E-state index contributed by atoms with van der Waals surface area (Å²) in [5, 5.41) is 1.89. The highest BCUT2D eigenvalue weighted by Crippen LogP contribution is 2.25. The van der Waals surface area contributed by atoms with Crippen LogP contribution in [0.25, 0.3) is 0 Å². The smallest absolute Gasteiger partial charge is 0.271 e. The lowest BCUT2D eigenvalue weighted by molar-refractivity contribution is 0.603. The number of nitrogens with two attached hydrogens (primary N) is 1.